The van der Waals surface area contributed by atoms with Crippen LogP contribution in [0.15, 0.2) is 48.5 Å². The second kappa shape index (κ2) is 5.47. The van der Waals surface area contributed by atoms with Crippen LogP contribution in [0.2, 0.25) is 0 Å². The minimum Gasteiger partial charge on any atom is -0.508 e. The van der Waals surface area contributed by atoms with Crippen LogP contribution < -0.4 is 0 Å². The predicted molar refractivity (Wildman–Crippen MR) is 69.1 cm³/mol. The van der Waals surface area contributed by atoms with Gasteiger partial charge < -0.3 is 10.2 Å². The molecule has 0 spiro atoms. The Morgan fingerprint density at radius 1 is 0.727 bits per heavy atom. The number of benzene rings is 2. The van der Waals surface area contributed by atoms with Crippen molar-refractivity contribution in [2.75, 3.05) is 0 Å². The van der Waals surface area contributed by atoms with Crippen LogP contribution in [0.1, 0.15) is 11.1 Å². The van der Waals surface area contributed by atoms with E-state index in [1.165, 1.54) is 12.1 Å². The molecule has 2 N–H and O–H groups in total. The maximum atomic E-state index is 15.3. The van der Waals surface area contributed by atoms with E-state index in [1.807, 2.05) is 0 Å². The normalized spacial score (nSPS) is 13.9. The average molecular weight is 318 g/mol. The lowest BCUT2D eigenvalue weighted by molar-refractivity contribution is -0.211. The Bertz CT molecular complexity index is 623. The standard InChI is InChI=1S/C15H11F5O2/c16-13(15(18,19)20)14(17,9-5-1-3-7-11(9)21)10-6-2-4-8-12(10)22/h1-8,13,21-22H. The van der Waals surface area contributed by atoms with Crippen molar-refractivity contribution in [1.29, 1.82) is 0 Å². The molecule has 118 valence electrons. The quantitative estimate of drug-likeness (QED) is 0.832. The highest BCUT2D eigenvalue weighted by atomic mass is 19.4. The zero-order valence-corrected chi connectivity index (χ0v) is 11.0. The van der Waals surface area contributed by atoms with Crippen LogP contribution in [-0.4, -0.2) is 22.6 Å². The molecule has 1 unspecified atom stereocenters. The third kappa shape index (κ3) is 2.58. The molecule has 1 atom stereocenters. The molecular formula is C15H11F5O2. The van der Waals surface area contributed by atoms with E-state index >= 15 is 4.39 Å². The van der Waals surface area contributed by atoms with Gasteiger partial charge in [-0.1, -0.05) is 36.4 Å². The topological polar surface area (TPSA) is 40.5 Å². The lowest BCUT2D eigenvalue weighted by Crippen LogP contribution is -2.43. The molecule has 0 bridgehead atoms. The molecule has 0 heterocycles. The Hall–Kier alpha value is -2.31. The molecule has 7 heteroatoms. The Morgan fingerprint density at radius 2 is 1.09 bits per heavy atom. The molecule has 2 nitrogen and oxygen atoms in total. The third-order valence-corrected chi connectivity index (χ3v) is 3.23. The fourth-order valence-electron chi connectivity index (χ4n) is 2.21. The van der Waals surface area contributed by atoms with Crippen LogP contribution in [0.4, 0.5) is 22.0 Å². The summed E-state index contributed by atoms with van der Waals surface area (Å²) in [7, 11) is 0. The summed E-state index contributed by atoms with van der Waals surface area (Å²) >= 11 is 0. The van der Waals surface area contributed by atoms with Crippen molar-refractivity contribution in [2.45, 2.75) is 18.0 Å². The molecule has 2 rings (SSSR count). The van der Waals surface area contributed by atoms with Gasteiger partial charge in [-0.3, -0.25) is 0 Å². The summed E-state index contributed by atoms with van der Waals surface area (Å²) in [5.41, 5.74) is -5.61. The SMILES string of the molecule is Oc1ccccc1C(F)(c1ccccc1O)C(F)C(F)(F)F. The summed E-state index contributed by atoms with van der Waals surface area (Å²) in [5.74, 6) is -1.69. The Labute approximate surface area is 122 Å². The van der Waals surface area contributed by atoms with Gasteiger partial charge in [-0.2, -0.15) is 13.2 Å². The smallest absolute Gasteiger partial charge is 0.423 e. The maximum absolute atomic E-state index is 15.3. The molecule has 0 saturated carbocycles. The largest absolute Gasteiger partial charge is 0.508 e. The van der Waals surface area contributed by atoms with E-state index in [0.29, 0.717) is 0 Å². The zero-order valence-electron chi connectivity index (χ0n) is 11.0. The van der Waals surface area contributed by atoms with Gasteiger partial charge in [0.05, 0.1) is 0 Å². The first-order valence-corrected chi connectivity index (χ1v) is 6.15. The average Bonchev–Trinajstić information content (AvgIpc) is 2.45. The second-order valence-electron chi connectivity index (χ2n) is 4.65. The van der Waals surface area contributed by atoms with Crippen LogP contribution in [-0.2, 0) is 5.67 Å². The van der Waals surface area contributed by atoms with Crippen molar-refractivity contribution in [1.82, 2.24) is 0 Å². The monoisotopic (exact) mass is 318 g/mol. The molecule has 0 radical (unpaired) electrons. The molecule has 2 aromatic rings. The van der Waals surface area contributed by atoms with E-state index in [9.17, 15) is 27.8 Å². The molecule has 0 saturated heterocycles. The van der Waals surface area contributed by atoms with Gasteiger partial charge in [-0.15, -0.1) is 0 Å². The lowest BCUT2D eigenvalue weighted by Gasteiger charge is -2.31. The number of alkyl halides is 5. The first kappa shape index (κ1) is 16.1. The molecule has 0 fully saturated rings. The number of hydrogen-bond acceptors (Lipinski definition) is 2. The molecule has 0 aromatic heterocycles. The summed E-state index contributed by atoms with van der Waals surface area (Å²) in [6.07, 6.45) is -9.50. The summed E-state index contributed by atoms with van der Waals surface area (Å²) in [6.45, 7) is 0. The highest BCUT2D eigenvalue weighted by Gasteiger charge is 2.59. The fraction of sp³-hybridized carbons (Fsp3) is 0.200. The first-order chi connectivity index (χ1) is 10.2. The fourth-order valence-corrected chi connectivity index (χ4v) is 2.21. The number of rotatable bonds is 3. The number of halogens is 5. The second-order valence-corrected chi connectivity index (χ2v) is 4.65. The predicted octanol–water partition coefficient (Wildman–Crippen LogP) is 4.21. The van der Waals surface area contributed by atoms with Gasteiger partial charge in [0, 0.05) is 11.1 Å². The number of para-hydroxylation sites is 2. The Kier molecular flexibility index (Phi) is 4.00. The molecule has 0 amide bonds. The van der Waals surface area contributed by atoms with E-state index in [4.69, 9.17) is 0 Å². The van der Waals surface area contributed by atoms with E-state index < -0.39 is 40.6 Å². The molecule has 2 aromatic carbocycles. The van der Waals surface area contributed by atoms with Crippen LogP contribution in [0, 0.1) is 0 Å². The van der Waals surface area contributed by atoms with Gasteiger partial charge in [0.1, 0.15) is 11.5 Å². The highest BCUT2D eigenvalue weighted by Crippen LogP contribution is 2.50. The maximum Gasteiger partial charge on any atom is 0.423 e. The van der Waals surface area contributed by atoms with Crippen molar-refractivity contribution in [3.8, 4) is 11.5 Å². The molecule has 22 heavy (non-hydrogen) atoms. The van der Waals surface area contributed by atoms with Crippen molar-refractivity contribution in [2.24, 2.45) is 0 Å². The van der Waals surface area contributed by atoms with Gasteiger partial charge in [-0.25, -0.2) is 8.78 Å². The van der Waals surface area contributed by atoms with Gasteiger partial charge in [0.2, 0.25) is 11.8 Å². The number of phenolic OH excluding ortho intramolecular Hbond substituents is 2. The zero-order chi connectivity index (χ0) is 16.5. The summed E-state index contributed by atoms with van der Waals surface area (Å²) in [4.78, 5) is 0. The molecule has 0 aliphatic heterocycles. The minimum atomic E-state index is -5.53. The Morgan fingerprint density at radius 3 is 1.41 bits per heavy atom. The molecular weight excluding hydrogens is 307 g/mol. The van der Waals surface area contributed by atoms with Crippen LogP contribution in [0.25, 0.3) is 0 Å². The van der Waals surface area contributed by atoms with Gasteiger partial charge in [0.15, 0.2) is 0 Å². The van der Waals surface area contributed by atoms with Crippen LogP contribution in [0.3, 0.4) is 0 Å². The first-order valence-electron chi connectivity index (χ1n) is 6.15. The molecule has 0 aliphatic carbocycles. The van der Waals surface area contributed by atoms with Crippen molar-refractivity contribution >= 4 is 0 Å². The van der Waals surface area contributed by atoms with Crippen molar-refractivity contribution < 1.29 is 32.2 Å². The van der Waals surface area contributed by atoms with Gasteiger partial charge in [-0.05, 0) is 12.1 Å². The summed E-state index contributed by atoms with van der Waals surface area (Å²) in [5, 5.41) is 19.3. The minimum absolute atomic E-state index is 0.833. The lowest BCUT2D eigenvalue weighted by atomic mass is 9.82. The van der Waals surface area contributed by atoms with E-state index in [2.05, 4.69) is 0 Å². The number of aromatic hydroxyl groups is 2. The van der Waals surface area contributed by atoms with Gasteiger partial charge >= 0.3 is 6.18 Å². The van der Waals surface area contributed by atoms with Crippen LogP contribution in [0.5, 0.6) is 11.5 Å². The van der Waals surface area contributed by atoms with Gasteiger partial charge in [0.25, 0.3) is 0 Å². The van der Waals surface area contributed by atoms with E-state index in [1.54, 1.807) is 0 Å². The van der Waals surface area contributed by atoms with Crippen molar-refractivity contribution in [3.05, 3.63) is 59.7 Å². The van der Waals surface area contributed by atoms with Crippen molar-refractivity contribution in [3.63, 3.8) is 0 Å². The summed E-state index contributed by atoms with van der Waals surface area (Å²) in [6, 6.07) is 8.37. The Balaban J connectivity index is 2.76. The highest BCUT2D eigenvalue weighted by molar-refractivity contribution is 5.50. The molecule has 0 aliphatic rings. The third-order valence-electron chi connectivity index (χ3n) is 3.23. The van der Waals surface area contributed by atoms with E-state index in [-0.39, 0.29) is 0 Å². The number of hydrogen-bond donors (Lipinski definition) is 2. The summed E-state index contributed by atoms with van der Waals surface area (Å²) < 4.78 is 67.6. The van der Waals surface area contributed by atoms with Crippen LogP contribution >= 0.6 is 0 Å². The number of phenols is 2. The van der Waals surface area contributed by atoms with E-state index in [0.717, 1.165) is 36.4 Å².